The molecule has 0 saturated carbocycles. The summed E-state index contributed by atoms with van der Waals surface area (Å²) in [6.45, 7) is 5.96. The molecular weight excluding hydrogens is 322 g/mol. The molecule has 0 radical (unpaired) electrons. The van der Waals surface area contributed by atoms with Gasteiger partial charge in [0.25, 0.3) is 0 Å². The molecule has 1 rings (SSSR count). The quantitative estimate of drug-likeness (QED) is 0.895. The highest BCUT2D eigenvalue weighted by atomic mass is 79.9. The summed E-state index contributed by atoms with van der Waals surface area (Å²) in [6.07, 6.45) is 0.234. The second-order valence-electron chi connectivity index (χ2n) is 5.67. The number of hydrogen-bond donors (Lipinski definition) is 1. The van der Waals surface area contributed by atoms with E-state index in [9.17, 15) is 9.59 Å². The zero-order valence-electron chi connectivity index (χ0n) is 12.0. The largest absolute Gasteiger partial charge is 0.481 e. The Balaban J connectivity index is 2.80. The summed E-state index contributed by atoms with van der Waals surface area (Å²) < 4.78 is 0.927. The maximum atomic E-state index is 12.4. The number of nitrogens with zero attached hydrogens (tertiary/aromatic N) is 1. The van der Waals surface area contributed by atoms with Crippen molar-refractivity contribution in [2.75, 3.05) is 6.54 Å². The number of carbonyl (C=O) groups excluding carboxylic acids is 1. The number of amides is 1. The molecule has 1 aromatic rings. The lowest BCUT2D eigenvalue weighted by Gasteiger charge is -2.35. The van der Waals surface area contributed by atoms with Crippen molar-refractivity contribution in [3.8, 4) is 0 Å². The zero-order valence-corrected chi connectivity index (χ0v) is 13.6. The van der Waals surface area contributed by atoms with E-state index in [0.717, 1.165) is 10.0 Å². The molecule has 1 aromatic carbocycles. The van der Waals surface area contributed by atoms with E-state index in [-0.39, 0.29) is 25.3 Å². The van der Waals surface area contributed by atoms with Crippen molar-refractivity contribution in [2.45, 2.75) is 39.2 Å². The Morgan fingerprint density at radius 2 is 1.95 bits per heavy atom. The maximum absolute atomic E-state index is 12.4. The standard InChI is InChI=1S/C15H20BrNO3/c1-15(2,3)17(8-7-14(19)20)13(18)10-11-5-4-6-12(16)9-11/h4-6,9H,7-8,10H2,1-3H3,(H,19,20). The van der Waals surface area contributed by atoms with Crippen molar-refractivity contribution >= 4 is 27.8 Å². The van der Waals surface area contributed by atoms with Crippen LogP contribution >= 0.6 is 15.9 Å². The Hall–Kier alpha value is -1.36. The molecule has 0 spiro atoms. The minimum Gasteiger partial charge on any atom is -0.481 e. The number of carboxylic acid groups (broad SMARTS) is 1. The van der Waals surface area contributed by atoms with Gasteiger partial charge in [-0.05, 0) is 38.5 Å². The van der Waals surface area contributed by atoms with Crippen molar-refractivity contribution in [3.05, 3.63) is 34.3 Å². The third-order valence-electron chi connectivity index (χ3n) is 2.90. The van der Waals surface area contributed by atoms with Gasteiger partial charge in [-0.15, -0.1) is 0 Å². The fourth-order valence-electron chi connectivity index (χ4n) is 1.96. The molecule has 110 valence electrons. The lowest BCUT2D eigenvalue weighted by molar-refractivity contribution is -0.140. The minimum atomic E-state index is -0.894. The highest BCUT2D eigenvalue weighted by Gasteiger charge is 2.26. The van der Waals surface area contributed by atoms with Gasteiger partial charge in [-0.2, -0.15) is 0 Å². The van der Waals surface area contributed by atoms with Crippen LogP contribution in [0.25, 0.3) is 0 Å². The summed E-state index contributed by atoms with van der Waals surface area (Å²) in [6, 6.07) is 7.57. The van der Waals surface area contributed by atoms with Gasteiger partial charge >= 0.3 is 5.97 Å². The van der Waals surface area contributed by atoms with E-state index >= 15 is 0 Å². The number of carboxylic acids is 1. The monoisotopic (exact) mass is 341 g/mol. The van der Waals surface area contributed by atoms with Gasteiger partial charge in [0.1, 0.15) is 0 Å². The van der Waals surface area contributed by atoms with Crippen LogP contribution in [0, 0.1) is 0 Å². The van der Waals surface area contributed by atoms with Gasteiger partial charge in [-0.1, -0.05) is 28.1 Å². The van der Waals surface area contributed by atoms with Crippen LogP contribution in [0.1, 0.15) is 32.8 Å². The highest BCUT2D eigenvalue weighted by Crippen LogP contribution is 2.18. The topological polar surface area (TPSA) is 57.6 Å². The number of aliphatic carboxylic acids is 1. The Bertz CT molecular complexity index is 494. The third kappa shape index (κ3) is 5.33. The van der Waals surface area contributed by atoms with E-state index in [1.54, 1.807) is 4.90 Å². The van der Waals surface area contributed by atoms with Crippen LogP contribution < -0.4 is 0 Å². The number of hydrogen-bond acceptors (Lipinski definition) is 2. The molecule has 0 aliphatic heterocycles. The fraction of sp³-hybridized carbons (Fsp3) is 0.467. The smallest absolute Gasteiger partial charge is 0.305 e. The first-order chi connectivity index (χ1) is 9.20. The molecule has 0 saturated heterocycles. The molecule has 0 unspecified atom stereocenters. The summed E-state index contributed by atoms with van der Waals surface area (Å²) in [5.41, 5.74) is 0.521. The third-order valence-corrected chi connectivity index (χ3v) is 3.40. The van der Waals surface area contributed by atoms with Crippen molar-refractivity contribution in [1.29, 1.82) is 0 Å². The van der Waals surface area contributed by atoms with Crippen molar-refractivity contribution in [2.24, 2.45) is 0 Å². The van der Waals surface area contributed by atoms with E-state index in [4.69, 9.17) is 5.11 Å². The van der Waals surface area contributed by atoms with E-state index in [1.165, 1.54) is 0 Å². The average Bonchev–Trinajstić information content (AvgIpc) is 2.26. The van der Waals surface area contributed by atoms with Crippen molar-refractivity contribution in [1.82, 2.24) is 4.90 Å². The van der Waals surface area contributed by atoms with E-state index < -0.39 is 11.5 Å². The van der Waals surface area contributed by atoms with E-state index in [0.29, 0.717) is 0 Å². The predicted molar refractivity (Wildman–Crippen MR) is 81.6 cm³/mol. The first-order valence-corrected chi connectivity index (χ1v) is 7.26. The number of carbonyl (C=O) groups is 2. The van der Waals surface area contributed by atoms with Gasteiger partial charge in [-0.25, -0.2) is 0 Å². The molecule has 0 aliphatic rings. The van der Waals surface area contributed by atoms with Crippen LogP contribution in [-0.4, -0.2) is 34.0 Å². The van der Waals surface area contributed by atoms with Gasteiger partial charge < -0.3 is 10.0 Å². The molecule has 0 heterocycles. The van der Waals surface area contributed by atoms with E-state index in [2.05, 4.69) is 15.9 Å². The first-order valence-electron chi connectivity index (χ1n) is 6.47. The molecule has 5 heteroatoms. The SMILES string of the molecule is CC(C)(C)N(CCC(=O)O)C(=O)Cc1cccc(Br)c1. The summed E-state index contributed by atoms with van der Waals surface area (Å²) >= 11 is 3.38. The molecular formula is C15H20BrNO3. The van der Waals surface area contributed by atoms with Crippen LogP contribution in [0.15, 0.2) is 28.7 Å². The molecule has 20 heavy (non-hydrogen) atoms. The van der Waals surface area contributed by atoms with Gasteiger partial charge in [0.05, 0.1) is 12.8 Å². The second-order valence-corrected chi connectivity index (χ2v) is 6.58. The first kappa shape index (κ1) is 16.7. The molecule has 0 fully saturated rings. The predicted octanol–water partition coefficient (Wildman–Crippen LogP) is 3.09. The van der Waals surface area contributed by atoms with Crippen LogP contribution in [0.3, 0.4) is 0 Å². The number of rotatable bonds is 5. The highest BCUT2D eigenvalue weighted by molar-refractivity contribution is 9.10. The summed E-state index contributed by atoms with van der Waals surface area (Å²) in [5.74, 6) is -0.952. The molecule has 1 N–H and O–H groups in total. The van der Waals surface area contributed by atoms with Crippen molar-refractivity contribution < 1.29 is 14.7 Å². The van der Waals surface area contributed by atoms with Gasteiger partial charge in [0.2, 0.25) is 5.91 Å². The Morgan fingerprint density at radius 1 is 1.30 bits per heavy atom. The van der Waals surface area contributed by atoms with Gasteiger partial charge in [0, 0.05) is 16.6 Å². The molecule has 0 atom stereocenters. The number of benzene rings is 1. The normalized spacial score (nSPS) is 11.2. The summed E-state index contributed by atoms with van der Waals surface area (Å²) in [5, 5.41) is 8.79. The van der Waals surface area contributed by atoms with Gasteiger partial charge in [-0.3, -0.25) is 9.59 Å². The fourth-order valence-corrected chi connectivity index (χ4v) is 2.41. The summed E-state index contributed by atoms with van der Waals surface area (Å²) in [4.78, 5) is 24.7. The maximum Gasteiger partial charge on any atom is 0.305 e. The number of halogens is 1. The molecule has 1 amide bonds. The van der Waals surface area contributed by atoms with Crippen LogP contribution in [0.5, 0.6) is 0 Å². The zero-order chi connectivity index (χ0) is 15.3. The van der Waals surface area contributed by atoms with E-state index in [1.807, 2.05) is 45.0 Å². The Kier molecular flexibility index (Phi) is 5.74. The van der Waals surface area contributed by atoms with Crippen molar-refractivity contribution in [3.63, 3.8) is 0 Å². The molecule has 0 bridgehead atoms. The Morgan fingerprint density at radius 3 is 2.45 bits per heavy atom. The van der Waals surface area contributed by atoms with Crippen LogP contribution in [0.4, 0.5) is 0 Å². The average molecular weight is 342 g/mol. The van der Waals surface area contributed by atoms with Gasteiger partial charge in [0.15, 0.2) is 0 Å². The molecule has 0 aromatic heterocycles. The lowest BCUT2D eigenvalue weighted by atomic mass is 10.0. The lowest BCUT2D eigenvalue weighted by Crippen LogP contribution is -2.47. The van der Waals surface area contributed by atoms with Crippen LogP contribution in [0.2, 0.25) is 0 Å². The Labute approximate surface area is 127 Å². The molecule has 4 nitrogen and oxygen atoms in total. The van der Waals surface area contributed by atoms with Crippen LogP contribution in [-0.2, 0) is 16.0 Å². The summed E-state index contributed by atoms with van der Waals surface area (Å²) in [7, 11) is 0. The second kappa shape index (κ2) is 6.88. The molecule has 0 aliphatic carbocycles. The minimum absolute atomic E-state index is 0.0402.